The Morgan fingerprint density at radius 2 is 2.06 bits per heavy atom. The first-order valence-electron chi connectivity index (χ1n) is 5.19. The fourth-order valence-electron chi connectivity index (χ4n) is 1.31. The van der Waals surface area contributed by atoms with Gasteiger partial charge in [-0.15, -0.1) is 0 Å². The van der Waals surface area contributed by atoms with Gasteiger partial charge in [0.1, 0.15) is 6.04 Å². The zero-order valence-electron chi connectivity index (χ0n) is 9.69. The lowest BCUT2D eigenvalue weighted by atomic mass is 10.1. The molecule has 1 aromatic carbocycles. The van der Waals surface area contributed by atoms with Crippen molar-refractivity contribution in [2.75, 3.05) is 13.7 Å². The summed E-state index contributed by atoms with van der Waals surface area (Å²) in [5.41, 5.74) is 2.03. The van der Waals surface area contributed by atoms with Crippen molar-refractivity contribution in [3.05, 3.63) is 42.5 Å². The maximum atomic E-state index is 11.1. The SMILES string of the molecule is C=C(CNC(C)C(=O)OC)c1ccccc1. The van der Waals surface area contributed by atoms with Gasteiger partial charge in [-0.1, -0.05) is 36.9 Å². The Hall–Kier alpha value is -1.61. The zero-order chi connectivity index (χ0) is 12.0. The molecule has 86 valence electrons. The molecule has 0 fully saturated rings. The summed E-state index contributed by atoms with van der Waals surface area (Å²) in [5.74, 6) is -0.263. The highest BCUT2D eigenvalue weighted by molar-refractivity contribution is 5.75. The lowest BCUT2D eigenvalue weighted by Crippen LogP contribution is -2.35. The van der Waals surface area contributed by atoms with Crippen molar-refractivity contribution in [3.63, 3.8) is 0 Å². The van der Waals surface area contributed by atoms with Crippen LogP contribution in [0.15, 0.2) is 36.9 Å². The first-order chi connectivity index (χ1) is 7.65. The summed E-state index contributed by atoms with van der Waals surface area (Å²) < 4.78 is 4.62. The average molecular weight is 219 g/mol. The van der Waals surface area contributed by atoms with Gasteiger partial charge in [0.15, 0.2) is 0 Å². The van der Waals surface area contributed by atoms with Gasteiger partial charge in [0.2, 0.25) is 0 Å². The van der Waals surface area contributed by atoms with Crippen LogP contribution in [0, 0.1) is 0 Å². The summed E-state index contributed by atoms with van der Waals surface area (Å²) in [6, 6.07) is 9.56. The van der Waals surface area contributed by atoms with Crippen molar-refractivity contribution in [1.29, 1.82) is 0 Å². The van der Waals surface area contributed by atoms with E-state index in [0.717, 1.165) is 11.1 Å². The maximum Gasteiger partial charge on any atom is 0.322 e. The van der Waals surface area contributed by atoms with Crippen molar-refractivity contribution < 1.29 is 9.53 Å². The van der Waals surface area contributed by atoms with E-state index in [9.17, 15) is 4.79 Å². The van der Waals surface area contributed by atoms with E-state index in [4.69, 9.17) is 0 Å². The summed E-state index contributed by atoms with van der Waals surface area (Å²) in [7, 11) is 1.38. The lowest BCUT2D eigenvalue weighted by molar-refractivity contribution is -0.142. The van der Waals surface area contributed by atoms with Gasteiger partial charge in [0.05, 0.1) is 7.11 Å². The topological polar surface area (TPSA) is 38.3 Å². The maximum absolute atomic E-state index is 11.1. The molecule has 0 spiro atoms. The van der Waals surface area contributed by atoms with Gasteiger partial charge in [-0.05, 0) is 18.1 Å². The Balaban J connectivity index is 2.45. The lowest BCUT2D eigenvalue weighted by Gasteiger charge is -2.12. The molecule has 0 heterocycles. The van der Waals surface area contributed by atoms with Crippen LogP contribution in [-0.4, -0.2) is 25.7 Å². The van der Waals surface area contributed by atoms with E-state index in [1.165, 1.54) is 7.11 Å². The van der Waals surface area contributed by atoms with Crippen molar-refractivity contribution in [2.24, 2.45) is 0 Å². The molecule has 3 nitrogen and oxygen atoms in total. The molecule has 0 bridgehead atoms. The van der Waals surface area contributed by atoms with Gasteiger partial charge in [0, 0.05) is 6.54 Å². The number of ether oxygens (including phenoxy) is 1. The summed E-state index contributed by atoms with van der Waals surface area (Å²) in [6.07, 6.45) is 0. The molecule has 0 aliphatic carbocycles. The number of hydrogen-bond donors (Lipinski definition) is 1. The van der Waals surface area contributed by atoms with E-state index in [1.807, 2.05) is 30.3 Å². The second-order valence-electron chi connectivity index (χ2n) is 3.60. The van der Waals surface area contributed by atoms with Gasteiger partial charge < -0.3 is 10.1 Å². The number of benzene rings is 1. The smallest absolute Gasteiger partial charge is 0.322 e. The number of carbonyl (C=O) groups is 1. The van der Waals surface area contributed by atoms with Gasteiger partial charge >= 0.3 is 5.97 Å². The van der Waals surface area contributed by atoms with Gasteiger partial charge in [-0.3, -0.25) is 4.79 Å². The minimum Gasteiger partial charge on any atom is -0.468 e. The van der Waals surface area contributed by atoms with E-state index in [-0.39, 0.29) is 12.0 Å². The Kier molecular flexibility index (Phi) is 4.73. The molecule has 0 aliphatic rings. The van der Waals surface area contributed by atoms with Crippen LogP contribution in [0.2, 0.25) is 0 Å². The van der Waals surface area contributed by atoms with E-state index >= 15 is 0 Å². The van der Waals surface area contributed by atoms with E-state index in [1.54, 1.807) is 6.92 Å². The molecule has 3 heteroatoms. The normalized spacial score (nSPS) is 11.9. The highest BCUT2D eigenvalue weighted by Gasteiger charge is 2.11. The fraction of sp³-hybridized carbons (Fsp3) is 0.308. The molecule has 0 saturated heterocycles. The van der Waals surface area contributed by atoms with Crippen LogP contribution in [0.5, 0.6) is 0 Å². The quantitative estimate of drug-likeness (QED) is 0.768. The van der Waals surface area contributed by atoms with Gasteiger partial charge in [0.25, 0.3) is 0 Å². The minimum atomic E-state index is -0.314. The minimum absolute atomic E-state index is 0.263. The molecule has 0 radical (unpaired) electrons. The van der Waals surface area contributed by atoms with Crippen LogP contribution < -0.4 is 5.32 Å². The van der Waals surface area contributed by atoms with Crippen LogP contribution in [0.3, 0.4) is 0 Å². The molecule has 1 aromatic rings. The molecule has 0 aliphatic heterocycles. The molecule has 1 unspecified atom stereocenters. The molecular weight excluding hydrogens is 202 g/mol. The molecule has 0 saturated carbocycles. The highest BCUT2D eigenvalue weighted by Crippen LogP contribution is 2.10. The first-order valence-corrected chi connectivity index (χ1v) is 5.19. The molecule has 1 N–H and O–H groups in total. The summed E-state index contributed by atoms with van der Waals surface area (Å²) >= 11 is 0. The van der Waals surface area contributed by atoms with Crippen LogP contribution in [0.1, 0.15) is 12.5 Å². The highest BCUT2D eigenvalue weighted by atomic mass is 16.5. The predicted molar refractivity (Wildman–Crippen MR) is 65.0 cm³/mol. The largest absolute Gasteiger partial charge is 0.468 e. The van der Waals surface area contributed by atoms with Crippen molar-refractivity contribution in [2.45, 2.75) is 13.0 Å². The first kappa shape index (κ1) is 12.5. The summed E-state index contributed by atoms with van der Waals surface area (Å²) in [6.45, 7) is 6.31. The van der Waals surface area contributed by atoms with Crippen molar-refractivity contribution >= 4 is 11.5 Å². The second kappa shape index (κ2) is 6.08. The zero-order valence-corrected chi connectivity index (χ0v) is 9.69. The van der Waals surface area contributed by atoms with Crippen molar-refractivity contribution in [1.82, 2.24) is 5.32 Å². The molecule has 16 heavy (non-hydrogen) atoms. The Bertz CT molecular complexity index is 359. The third-order valence-electron chi connectivity index (χ3n) is 2.36. The summed E-state index contributed by atoms with van der Waals surface area (Å²) in [5, 5.41) is 3.06. The van der Waals surface area contributed by atoms with Crippen LogP contribution >= 0.6 is 0 Å². The molecule has 1 atom stereocenters. The number of carbonyl (C=O) groups excluding carboxylic acids is 1. The standard InChI is InChI=1S/C13H17NO2/c1-10(12-7-5-4-6-8-12)9-14-11(2)13(15)16-3/h4-8,11,14H,1,9H2,2-3H3. The number of rotatable bonds is 5. The molecule has 0 aromatic heterocycles. The average Bonchev–Trinajstić information content (AvgIpc) is 2.35. The van der Waals surface area contributed by atoms with E-state index in [0.29, 0.717) is 6.54 Å². The van der Waals surface area contributed by atoms with Gasteiger partial charge in [-0.2, -0.15) is 0 Å². The van der Waals surface area contributed by atoms with Crippen LogP contribution in [-0.2, 0) is 9.53 Å². The Morgan fingerprint density at radius 3 is 2.62 bits per heavy atom. The van der Waals surface area contributed by atoms with Gasteiger partial charge in [-0.25, -0.2) is 0 Å². The molecular formula is C13H17NO2. The number of methoxy groups -OCH3 is 1. The third-order valence-corrected chi connectivity index (χ3v) is 2.36. The Labute approximate surface area is 96.1 Å². The predicted octanol–water partition coefficient (Wildman–Crippen LogP) is 1.85. The monoisotopic (exact) mass is 219 g/mol. The molecule has 0 amide bonds. The summed E-state index contributed by atoms with van der Waals surface area (Å²) in [4.78, 5) is 11.1. The van der Waals surface area contributed by atoms with E-state index < -0.39 is 0 Å². The number of esters is 1. The Morgan fingerprint density at radius 1 is 1.44 bits per heavy atom. The molecule has 1 rings (SSSR count). The third kappa shape index (κ3) is 3.51. The number of nitrogens with one attached hydrogen (secondary N) is 1. The second-order valence-corrected chi connectivity index (χ2v) is 3.60. The number of hydrogen-bond acceptors (Lipinski definition) is 3. The fourth-order valence-corrected chi connectivity index (χ4v) is 1.31. The van der Waals surface area contributed by atoms with Crippen LogP contribution in [0.25, 0.3) is 5.57 Å². The van der Waals surface area contributed by atoms with Crippen LogP contribution in [0.4, 0.5) is 0 Å². The van der Waals surface area contributed by atoms with E-state index in [2.05, 4.69) is 16.6 Å². The van der Waals surface area contributed by atoms with Crippen molar-refractivity contribution in [3.8, 4) is 0 Å².